The molecule has 1 aliphatic carbocycles. The zero-order valence-corrected chi connectivity index (χ0v) is 9.70. The quantitative estimate of drug-likeness (QED) is 0.902. The third kappa shape index (κ3) is 3.39. The van der Waals surface area contributed by atoms with Gasteiger partial charge in [0.2, 0.25) is 0 Å². The van der Waals surface area contributed by atoms with Crippen LogP contribution in [0.15, 0.2) is 6.20 Å². The molecule has 0 aliphatic heterocycles. The minimum Gasteiger partial charge on any atom is -0.364 e. The van der Waals surface area contributed by atoms with Gasteiger partial charge in [0, 0.05) is 23.5 Å². The number of ether oxygens (including phenoxy) is 1. The Kier molecular flexibility index (Phi) is 3.82. The summed E-state index contributed by atoms with van der Waals surface area (Å²) in [6, 6.07) is -0.0705. The second-order valence-corrected chi connectivity index (χ2v) is 4.29. The minimum atomic E-state index is -4.32. The van der Waals surface area contributed by atoms with Crippen LogP contribution in [0.1, 0.15) is 36.0 Å². The maximum absolute atomic E-state index is 11.9. The van der Waals surface area contributed by atoms with E-state index in [-0.39, 0.29) is 18.5 Å². The van der Waals surface area contributed by atoms with Crippen molar-refractivity contribution in [3.8, 4) is 0 Å². The lowest BCUT2D eigenvalue weighted by molar-refractivity contribution is -0.177. The molecule has 7 heteroatoms. The van der Waals surface area contributed by atoms with Gasteiger partial charge in [0.05, 0.1) is 0 Å². The lowest BCUT2D eigenvalue weighted by Crippen LogP contribution is -2.21. The number of fused-ring (bicyclic) bond motifs is 1. The standard InChI is InChI=1S/C11H14F3N3O/c12-11(13,14)6-18-5-10-16-4-7-8(15)2-1-3-9(7)17-10/h4,8H,1-3,5-6,15H2. The molecule has 0 fully saturated rings. The van der Waals surface area contributed by atoms with Gasteiger partial charge in [-0.3, -0.25) is 0 Å². The first-order valence-corrected chi connectivity index (χ1v) is 5.70. The van der Waals surface area contributed by atoms with Crippen LogP contribution in [0, 0.1) is 0 Å². The van der Waals surface area contributed by atoms with E-state index in [4.69, 9.17) is 5.73 Å². The van der Waals surface area contributed by atoms with Crippen LogP contribution < -0.4 is 5.73 Å². The number of aryl methyl sites for hydroxylation is 1. The molecule has 1 aliphatic rings. The van der Waals surface area contributed by atoms with Crippen LogP contribution in [-0.2, 0) is 17.8 Å². The predicted octanol–water partition coefficient (Wildman–Crippen LogP) is 1.89. The Balaban J connectivity index is 1.99. The van der Waals surface area contributed by atoms with Gasteiger partial charge in [0.15, 0.2) is 5.82 Å². The van der Waals surface area contributed by atoms with Gasteiger partial charge in [-0.25, -0.2) is 9.97 Å². The third-order valence-electron chi connectivity index (χ3n) is 2.77. The topological polar surface area (TPSA) is 61.0 Å². The zero-order chi connectivity index (χ0) is 13.2. The second-order valence-electron chi connectivity index (χ2n) is 4.29. The summed E-state index contributed by atoms with van der Waals surface area (Å²) in [7, 11) is 0. The van der Waals surface area contributed by atoms with Crippen LogP contribution in [-0.4, -0.2) is 22.8 Å². The summed E-state index contributed by atoms with van der Waals surface area (Å²) in [5.41, 5.74) is 7.61. The number of hydrogen-bond donors (Lipinski definition) is 1. The zero-order valence-electron chi connectivity index (χ0n) is 9.70. The molecule has 1 aromatic rings. The van der Waals surface area contributed by atoms with E-state index in [0.29, 0.717) is 0 Å². The molecule has 4 nitrogen and oxygen atoms in total. The lowest BCUT2D eigenvalue weighted by Gasteiger charge is -2.21. The summed E-state index contributed by atoms with van der Waals surface area (Å²) in [4.78, 5) is 8.18. The molecule has 0 radical (unpaired) electrons. The molecular weight excluding hydrogens is 247 g/mol. The molecule has 0 spiro atoms. The summed E-state index contributed by atoms with van der Waals surface area (Å²) in [5.74, 6) is 0.270. The van der Waals surface area contributed by atoms with E-state index >= 15 is 0 Å². The van der Waals surface area contributed by atoms with Crippen LogP contribution in [0.5, 0.6) is 0 Å². The largest absolute Gasteiger partial charge is 0.411 e. The molecular formula is C11H14F3N3O. The van der Waals surface area contributed by atoms with Crippen LogP contribution in [0.2, 0.25) is 0 Å². The molecule has 1 heterocycles. The van der Waals surface area contributed by atoms with Crippen molar-refractivity contribution in [3.05, 3.63) is 23.3 Å². The first-order chi connectivity index (χ1) is 8.46. The maximum Gasteiger partial charge on any atom is 0.411 e. The number of alkyl halides is 3. The Morgan fingerprint density at radius 2 is 2.22 bits per heavy atom. The maximum atomic E-state index is 11.9. The van der Waals surface area contributed by atoms with Gasteiger partial charge in [-0.15, -0.1) is 0 Å². The normalized spacial score (nSPS) is 19.7. The molecule has 1 atom stereocenters. The van der Waals surface area contributed by atoms with Crippen molar-refractivity contribution in [2.75, 3.05) is 6.61 Å². The molecule has 2 N–H and O–H groups in total. The van der Waals surface area contributed by atoms with E-state index in [0.717, 1.165) is 30.5 Å². The van der Waals surface area contributed by atoms with E-state index in [1.165, 1.54) is 0 Å². The van der Waals surface area contributed by atoms with Gasteiger partial charge in [0.25, 0.3) is 0 Å². The van der Waals surface area contributed by atoms with Gasteiger partial charge >= 0.3 is 6.18 Å². The van der Waals surface area contributed by atoms with Crippen LogP contribution in [0.25, 0.3) is 0 Å². The monoisotopic (exact) mass is 261 g/mol. The number of aromatic nitrogens is 2. The Morgan fingerprint density at radius 3 is 2.94 bits per heavy atom. The first-order valence-electron chi connectivity index (χ1n) is 5.70. The number of hydrogen-bond acceptors (Lipinski definition) is 4. The van der Waals surface area contributed by atoms with E-state index in [9.17, 15) is 13.2 Å². The van der Waals surface area contributed by atoms with Gasteiger partial charge in [0.1, 0.15) is 13.2 Å². The van der Waals surface area contributed by atoms with Crippen LogP contribution in [0.4, 0.5) is 13.2 Å². The highest BCUT2D eigenvalue weighted by molar-refractivity contribution is 5.23. The Labute approximate surface area is 102 Å². The lowest BCUT2D eigenvalue weighted by atomic mass is 9.93. The van der Waals surface area contributed by atoms with Crippen molar-refractivity contribution < 1.29 is 17.9 Å². The van der Waals surface area contributed by atoms with Crippen molar-refractivity contribution in [2.45, 2.75) is 38.1 Å². The Morgan fingerprint density at radius 1 is 1.44 bits per heavy atom. The molecule has 1 unspecified atom stereocenters. The van der Waals surface area contributed by atoms with Crippen molar-refractivity contribution in [3.63, 3.8) is 0 Å². The molecule has 18 heavy (non-hydrogen) atoms. The first kappa shape index (κ1) is 13.2. The van der Waals surface area contributed by atoms with Crippen molar-refractivity contribution in [1.82, 2.24) is 9.97 Å². The fourth-order valence-corrected chi connectivity index (χ4v) is 1.95. The summed E-state index contributed by atoms with van der Waals surface area (Å²) in [6.07, 6.45) is -0.110. The number of rotatable bonds is 3. The highest BCUT2D eigenvalue weighted by Gasteiger charge is 2.27. The average Bonchev–Trinajstić information content (AvgIpc) is 2.27. The fraction of sp³-hybridized carbons (Fsp3) is 0.636. The van der Waals surface area contributed by atoms with Crippen molar-refractivity contribution in [2.24, 2.45) is 5.73 Å². The van der Waals surface area contributed by atoms with Gasteiger partial charge in [-0.2, -0.15) is 13.2 Å². The second kappa shape index (κ2) is 5.19. The number of halogens is 3. The molecule has 1 aromatic heterocycles. The van der Waals surface area contributed by atoms with E-state index in [1.54, 1.807) is 6.20 Å². The third-order valence-corrected chi connectivity index (χ3v) is 2.77. The molecule has 0 bridgehead atoms. The van der Waals surface area contributed by atoms with Crippen LogP contribution in [0.3, 0.4) is 0 Å². The molecule has 100 valence electrons. The summed E-state index contributed by atoms with van der Waals surface area (Å²) < 4.78 is 40.2. The average molecular weight is 261 g/mol. The molecule has 0 aromatic carbocycles. The number of nitrogens with zero attached hydrogens (tertiary/aromatic N) is 2. The van der Waals surface area contributed by atoms with E-state index in [1.807, 2.05) is 0 Å². The summed E-state index contributed by atoms with van der Waals surface area (Å²) in [5, 5.41) is 0. The highest BCUT2D eigenvalue weighted by atomic mass is 19.4. The summed E-state index contributed by atoms with van der Waals surface area (Å²) >= 11 is 0. The predicted molar refractivity (Wildman–Crippen MR) is 57.6 cm³/mol. The molecule has 2 rings (SSSR count). The molecule has 0 amide bonds. The summed E-state index contributed by atoms with van der Waals surface area (Å²) in [6.45, 7) is -1.52. The SMILES string of the molecule is NC1CCCc2nc(COCC(F)(F)F)ncc21. The van der Waals surface area contributed by atoms with Crippen molar-refractivity contribution in [1.29, 1.82) is 0 Å². The molecule has 0 saturated heterocycles. The van der Waals surface area contributed by atoms with Gasteiger partial charge in [-0.1, -0.05) is 0 Å². The minimum absolute atomic E-state index is 0.0705. The fourth-order valence-electron chi connectivity index (χ4n) is 1.95. The highest BCUT2D eigenvalue weighted by Crippen LogP contribution is 2.25. The van der Waals surface area contributed by atoms with Gasteiger partial charge < -0.3 is 10.5 Å². The smallest absolute Gasteiger partial charge is 0.364 e. The Bertz CT molecular complexity index is 422. The Hall–Kier alpha value is -1.21. The molecule has 0 saturated carbocycles. The van der Waals surface area contributed by atoms with Crippen LogP contribution >= 0.6 is 0 Å². The van der Waals surface area contributed by atoms with E-state index in [2.05, 4.69) is 14.7 Å². The number of nitrogens with two attached hydrogens (primary N) is 1. The van der Waals surface area contributed by atoms with E-state index < -0.39 is 12.8 Å². The van der Waals surface area contributed by atoms with Gasteiger partial charge in [-0.05, 0) is 19.3 Å². The van der Waals surface area contributed by atoms with Crippen molar-refractivity contribution >= 4 is 0 Å².